The molecule has 0 bridgehead atoms. The van der Waals surface area contributed by atoms with Crippen LogP contribution in [0.2, 0.25) is 0 Å². The third-order valence-corrected chi connectivity index (χ3v) is 2.61. The van der Waals surface area contributed by atoms with Gasteiger partial charge in [-0.1, -0.05) is 0 Å². The molecule has 0 aliphatic rings. The summed E-state index contributed by atoms with van der Waals surface area (Å²) < 4.78 is 7.10. The lowest BCUT2D eigenvalue weighted by molar-refractivity contribution is 0.0696. The molecule has 0 aromatic carbocycles. The maximum Gasteiger partial charge on any atom is 0.337 e. The Bertz CT molecular complexity index is 614. The summed E-state index contributed by atoms with van der Waals surface area (Å²) in [6.45, 7) is 0.200. The summed E-state index contributed by atoms with van der Waals surface area (Å²) in [5.74, 6) is -0.499. The van der Waals surface area contributed by atoms with Gasteiger partial charge in [-0.3, -0.25) is 4.79 Å². The van der Waals surface area contributed by atoms with Crippen LogP contribution in [-0.2, 0) is 6.54 Å². The molecule has 0 atom stereocenters. The van der Waals surface area contributed by atoms with Crippen LogP contribution in [0.15, 0.2) is 44.3 Å². The van der Waals surface area contributed by atoms with Crippen molar-refractivity contribution >= 4 is 21.9 Å². The number of hydrogen-bond acceptors (Lipinski definition) is 3. The van der Waals surface area contributed by atoms with Crippen LogP contribution in [0.1, 0.15) is 16.1 Å². The van der Waals surface area contributed by atoms with Gasteiger partial charge in [0.2, 0.25) is 0 Å². The minimum absolute atomic E-state index is 0.0650. The molecule has 0 radical (unpaired) electrons. The lowest BCUT2D eigenvalue weighted by Gasteiger charge is -2.03. The molecule has 0 aliphatic heterocycles. The minimum Gasteiger partial charge on any atom is -0.478 e. The van der Waals surface area contributed by atoms with Crippen molar-refractivity contribution in [2.45, 2.75) is 6.54 Å². The zero-order valence-electron chi connectivity index (χ0n) is 8.59. The Labute approximate surface area is 104 Å². The highest BCUT2D eigenvalue weighted by molar-refractivity contribution is 9.10. The zero-order valence-corrected chi connectivity index (χ0v) is 10.2. The first kappa shape index (κ1) is 11.7. The van der Waals surface area contributed by atoms with Crippen LogP contribution in [0.5, 0.6) is 0 Å². The van der Waals surface area contributed by atoms with Crippen LogP contribution >= 0.6 is 15.9 Å². The predicted octanol–water partition coefficient (Wildman–Crippen LogP) is 1.95. The average molecular weight is 298 g/mol. The normalized spacial score (nSPS) is 10.4. The lowest BCUT2D eigenvalue weighted by Crippen LogP contribution is -2.20. The second kappa shape index (κ2) is 4.58. The molecule has 2 aromatic heterocycles. The minimum atomic E-state index is -1.07. The SMILES string of the molecule is O=C(O)c1ccc(=O)n(Cc2ccc(Br)o2)c1. The highest BCUT2D eigenvalue weighted by atomic mass is 79.9. The maximum absolute atomic E-state index is 11.5. The van der Waals surface area contributed by atoms with E-state index in [1.54, 1.807) is 12.1 Å². The van der Waals surface area contributed by atoms with Crippen LogP contribution in [0.3, 0.4) is 0 Å². The quantitative estimate of drug-likeness (QED) is 0.940. The van der Waals surface area contributed by atoms with E-state index in [-0.39, 0.29) is 17.7 Å². The van der Waals surface area contributed by atoms with E-state index in [4.69, 9.17) is 9.52 Å². The standard InChI is InChI=1S/C11H8BrNO4/c12-9-3-2-8(17-9)6-13-5-7(11(15)16)1-4-10(13)14/h1-5H,6H2,(H,15,16). The predicted molar refractivity (Wildman–Crippen MR) is 63.2 cm³/mol. The van der Waals surface area contributed by atoms with Gasteiger partial charge < -0.3 is 14.1 Å². The summed E-state index contributed by atoms with van der Waals surface area (Å²) in [6, 6.07) is 5.92. The van der Waals surface area contributed by atoms with Crippen LogP contribution in [0, 0.1) is 0 Å². The molecule has 6 heteroatoms. The number of carboxylic acid groups (broad SMARTS) is 1. The molecule has 2 aromatic rings. The Kier molecular flexibility index (Phi) is 3.14. The molecule has 5 nitrogen and oxygen atoms in total. The monoisotopic (exact) mass is 297 g/mol. The molecule has 0 spiro atoms. The van der Waals surface area contributed by atoms with Crippen molar-refractivity contribution in [1.29, 1.82) is 0 Å². The molecule has 2 heterocycles. The summed E-state index contributed by atoms with van der Waals surface area (Å²) in [5, 5.41) is 8.82. The van der Waals surface area contributed by atoms with Gasteiger partial charge in [-0.15, -0.1) is 0 Å². The number of pyridine rings is 1. The number of nitrogens with zero attached hydrogens (tertiary/aromatic N) is 1. The van der Waals surface area contributed by atoms with Crippen molar-refractivity contribution in [2.75, 3.05) is 0 Å². The fourth-order valence-corrected chi connectivity index (χ4v) is 1.73. The van der Waals surface area contributed by atoms with Gasteiger partial charge in [0.1, 0.15) is 5.76 Å². The van der Waals surface area contributed by atoms with Gasteiger partial charge in [-0.25, -0.2) is 4.79 Å². The molecule has 0 aliphatic carbocycles. The number of hydrogen-bond donors (Lipinski definition) is 1. The Morgan fingerprint density at radius 2 is 2.12 bits per heavy atom. The van der Waals surface area contributed by atoms with Crippen LogP contribution in [0.25, 0.3) is 0 Å². The van der Waals surface area contributed by atoms with E-state index in [1.165, 1.54) is 22.9 Å². The number of carboxylic acids is 1. The Morgan fingerprint density at radius 1 is 1.35 bits per heavy atom. The first-order valence-corrected chi connectivity index (χ1v) is 5.53. The molecule has 0 saturated heterocycles. The topological polar surface area (TPSA) is 72.4 Å². The zero-order chi connectivity index (χ0) is 12.4. The Morgan fingerprint density at radius 3 is 2.71 bits per heavy atom. The smallest absolute Gasteiger partial charge is 0.337 e. The maximum atomic E-state index is 11.5. The molecule has 17 heavy (non-hydrogen) atoms. The largest absolute Gasteiger partial charge is 0.478 e. The molecular weight excluding hydrogens is 290 g/mol. The van der Waals surface area contributed by atoms with Crippen molar-refractivity contribution in [2.24, 2.45) is 0 Å². The first-order valence-electron chi connectivity index (χ1n) is 4.74. The average Bonchev–Trinajstić information content (AvgIpc) is 2.67. The summed E-state index contributed by atoms with van der Waals surface area (Å²) in [4.78, 5) is 22.3. The van der Waals surface area contributed by atoms with Crippen molar-refractivity contribution < 1.29 is 14.3 Å². The molecule has 88 valence electrons. The summed E-state index contributed by atoms with van der Waals surface area (Å²) in [7, 11) is 0. The van der Waals surface area contributed by atoms with Gasteiger partial charge in [0.25, 0.3) is 5.56 Å². The fourth-order valence-electron chi connectivity index (χ4n) is 1.39. The van der Waals surface area contributed by atoms with E-state index in [9.17, 15) is 9.59 Å². The third kappa shape index (κ3) is 2.65. The third-order valence-electron chi connectivity index (χ3n) is 2.19. The summed E-state index contributed by atoms with van der Waals surface area (Å²) >= 11 is 3.15. The van der Waals surface area contributed by atoms with Gasteiger partial charge in [-0.2, -0.15) is 0 Å². The number of furan rings is 1. The summed E-state index contributed by atoms with van der Waals surface area (Å²) in [6.07, 6.45) is 1.29. The van der Waals surface area contributed by atoms with Crippen molar-refractivity contribution in [1.82, 2.24) is 4.57 Å². The van der Waals surface area contributed by atoms with E-state index in [0.29, 0.717) is 10.4 Å². The van der Waals surface area contributed by atoms with Gasteiger partial charge in [0.15, 0.2) is 4.67 Å². The fraction of sp³-hybridized carbons (Fsp3) is 0.0909. The molecule has 0 fully saturated rings. The molecule has 0 saturated carbocycles. The van der Waals surface area contributed by atoms with Crippen LogP contribution in [-0.4, -0.2) is 15.6 Å². The van der Waals surface area contributed by atoms with Crippen molar-refractivity contribution in [3.63, 3.8) is 0 Å². The van der Waals surface area contributed by atoms with E-state index >= 15 is 0 Å². The number of halogens is 1. The molecule has 2 rings (SSSR count). The van der Waals surface area contributed by atoms with Crippen LogP contribution in [0.4, 0.5) is 0 Å². The Balaban J connectivity index is 2.35. The Hall–Kier alpha value is -1.82. The van der Waals surface area contributed by atoms with E-state index < -0.39 is 5.97 Å². The van der Waals surface area contributed by atoms with Gasteiger partial charge in [-0.05, 0) is 34.1 Å². The van der Waals surface area contributed by atoms with E-state index in [2.05, 4.69) is 15.9 Å². The molecule has 0 amide bonds. The van der Waals surface area contributed by atoms with Gasteiger partial charge in [0.05, 0.1) is 12.1 Å². The first-order chi connectivity index (χ1) is 8.06. The van der Waals surface area contributed by atoms with Crippen molar-refractivity contribution in [3.05, 3.63) is 56.8 Å². The number of rotatable bonds is 3. The summed E-state index contributed by atoms with van der Waals surface area (Å²) in [5.41, 5.74) is -0.210. The lowest BCUT2D eigenvalue weighted by atomic mass is 10.3. The van der Waals surface area contributed by atoms with Crippen molar-refractivity contribution in [3.8, 4) is 0 Å². The van der Waals surface area contributed by atoms with E-state index in [1.807, 2.05) is 0 Å². The van der Waals surface area contributed by atoms with Crippen LogP contribution < -0.4 is 5.56 Å². The van der Waals surface area contributed by atoms with Gasteiger partial charge in [0, 0.05) is 12.3 Å². The van der Waals surface area contributed by atoms with Gasteiger partial charge >= 0.3 is 5.97 Å². The second-order valence-electron chi connectivity index (χ2n) is 3.39. The highest BCUT2D eigenvalue weighted by Gasteiger charge is 2.07. The number of carbonyl (C=O) groups is 1. The van der Waals surface area contributed by atoms with E-state index in [0.717, 1.165) is 0 Å². The number of aromatic carboxylic acids is 1. The highest BCUT2D eigenvalue weighted by Crippen LogP contribution is 2.14. The second-order valence-corrected chi connectivity index (χ2v) is 4.18. The molecule has 0 unspecified atom stereocenters. The number of aromatic nitrogens is 1. The molecular formula is C11H8BrNO4. The molecule has 1 N–H and O–H groups in total.